The number of rotatable bonds is 9. The first-order valence-corrected chi connectivity index (χ1v) is 11.2. The zero-order chi connectivity index (χ0) is 21.6. The fourth-order valence-corrected chi connectivity index (χ4v) is 5.18. The smallest absolute Gasteiger partial charge is 0.419 e. The van der Waals surface area contributed by atoms with Crippen LogP contribution in [0.4, 0.5) is 4.79 Å². The second kappa shape index (κ2) is 9.77. The average Bonchev–Trinajstić information content (AvgIpc) is 3.11. The van der Waals surface area contributed by atoms with E-state index in [9.17, 15) is 18.3 Å². The quantitative estimate of drug-likeness (QED) is 0.577. The summed E-state index contributed by atoms with van der Waals surface area (Å²) >= 11 is 0. The number of ether oxygens (including phenoxy) is 2. The van der Waals surface area contributed by atoms with E-state index < -0.39 is 27.4 Å². The van der Waals surface area contributed by atoms with Gasteiger partial charge in [0.25, 0.3) is 0 Å². The Morgan fingerprint density at radius 3 is 2.80 bits per heavy atom. The van der Waals surface area contributed by atoms with E-state index in [1.165, 1.54) is 17.3 Å². The summed E-state index contributed by atoms with van der Waals surface area (Å²) in [4.78, 5) is 15.3. The maximum absolute atomic E-state index is 13.5. The highest BCUT2D eigenvalue weighted by Crippen LogP contribution is 2.33. The molecular formula is C20H25N3O6S. The van der Waals surface area contributed by atoms with Gasteiger partial charge in [0.2, 0.25) is 0 Å². The van der Waals surface area contributed by atoms with Crippen molar-refractivity contribution in [1.82, 2.24) is 15.4 Å². The number of hydrogen-bond donors (Lipinski definition) is 2. The lowest BCUT2D eigenvalue weighted by Crippen LogP contribution is -2.48. The number of pyridine rings is 1. The van der Waals surface area contributed by atoms with Crippen molar-refractivity contribution in [3.8, 4) is 11.5 Å². The number of sulfone groups is 1. The Bertz CT molecular complexity index is 954. The second-order valence-electron chi connectivity index (χ2n) is 6.88. The lowest BCUT2D eigenvalue weighted by atomic mass is 10.3. The molecule has 0 spiro atoms. The van der Waals surface area contributed by atoms with Crippen molar-refractivity contribution in [3.05, 3.63) is 48.8 Å². The van der Waals surface area contributed by atoms with Crippen molar-refractivity contribution in [2.45, 2.75) is 42.6 Å². The van der Waals surface area contributed by atoms with E-state index in [2.05, 4.69) is 10.4 Å². The molecule has 0 unspecified atom stereocenters. The molecule has 2 N–H and O–H groups in total. The summed E-state index contributed by atoms with van der Waals surface area (Å²) in [5.41, 5.74) is 2.19. The van der Waals surface area contributed by atoms with Gasteiger partial charge in [-0.05, 0) is 30.7 Å². The van der Waals surface area contributed by atoms with Crippen LogP contribution in [-0.4, -0.2) is 54.2 Å². The average molecular weight is 436 g/mol. The van der Waals surface area contributed by atoms with Crippen LogP contribution in [0.2, 0.25) is 0 Å². The van der Waals surface area contributed by atoms with E-state index in [1.54, 1.807) is 36.5 Å². The second-order valence-corrected chi connectivity index (χ2v) is 8.96. The highest BCUT2D eigenvalue weighted by atomic mass is 32.2. The standard InChI is InChI=1S/C20H25N3O6S/c1-2-3-11-28-17-8-4-5-9-18(17)30(26,27)19-12-16(14-23(19)22-20(24)25)29-15-7-6-10-21-13-15/h4-10,13,16,19,22H,2-3,11-12,14H2,1H3,(H,24,25)/t16-,19+/m0/s1. The molecule has 2 heterocycles. The van der Waals surface area contributed by atoms with Crippen LogP contribution >= 0.6 is 0 Å². The highest BCUT2D eigenvalue weighted by molar-refractivity contribution is 7.92. The molecule has 30 heavy (non-hydrogen) atoms. The monoisotopic (exact) mass is 435 g/mol. The molecule has 10 heteroatoms. The van der Waals surface area contributed by atoms with Crippen molar-refractivity contribution in [2.75, 3.05) is 13.2 Å². The molecule has 1 aliphatic heterocycles. The van der Waals surface area contributed by atoms with E-state index in [-0.39, 0.29) is 23.6 Å². The van der Waals surface area contributed by atoms with Gasteiger partial charge >= 0.3 is 6.09 Å². The Morgan fingerprint density at radius 2 is 2.10 bits per heavy atom. The lowest BCUT2D eigenvalue weighted by molar-refractivity contribution is 0.136. The summed E-state index contributed by atoms with van der Waals surface area (Å²) < 4.78 is 38.4. The van der Waals surface area contributed by atoms with Crippen LogP contribution < -0.4 is 14.9 Å². The molecule has 2 aromatic rings. The maximum atomic E-state index is 13.5. The van der Waals surface area contributed by atoms with Crippen molar-refractivity contribution in [1.29, 1.82) is 0 Å². The Balaban J connectivity index is 1.86. The maximum Gasteiger partial charge on any atom is 0.419 e. The third kappa shape index (κ3) is 5.19. The number of hydrogen-bond acceptors (Lipinski definition) is 7. The largest absolute Gasteiger partial charge is 0.492 e. The summed E-state index contributed by atoms with van der Waals surface area (Å²) in [6.07, 6.45) is 3.04. The topological polar surface area (TPSA) is 118 Å². The van der Waals surface area contributed by atoms with E-state index >= 15 is 0 Å². The molecule has 3 rings (SSSR count). The summed E-state index contributed by atoms with van der Waals surface area (Å²) in [5.74, 6) is 0.747. The van der Waals surface area contributed by atoms with Gasteiger partial charge in [0.05, 0.1) is 19.3 Å². The van der Waals surface area contributed by atoms with Crippen LogP contribution in [-0.2, 0) is 9.84 Å². The van der Waals surface area contributed by atoms with E-state index in [0.717, 1.165) is 12.8 Å². The van der Waals surface area contributed by atoms with Gasteiger partial charge in [0.15, 0.2) is 9.84 Å². The molecule has 0 saturated carbocycles. The predicted octanol–water partition coefficient (Wildman–Crippen LogP) is 2.70. The summed E-state index contributed by atoms with van der Waals surface area (Å²) in [6, 6.07) is 9.82. The van der Waals surface area contributed by atoms with Crippen molar-refractivity contribution < 1.29 is 27.8 Å². The molecule has 0 radical (unpaired) electrons. The zero-order valence-corrected chi connectivity index (χ0v) is 17.4. The minimum absolute atomic E-state index is 0.0327. The third-order valence-electron chi connectivity index (χ3n) is 4.66. The number of hydrazine groups is 1. The molecule has 1 saturated heterocycles. The Morgan fingerprint density at radius 1 is 1.30 bits per heavy atom. The normalized spacial score (nSPS) is 19.4. The Hall–Kier alpha value is -2.85. The highest BCUT2D eigenvalue weighted by Gasteiger charge is 2.44. The Labute approximate surface area is 175 Å². The van der Waals surface area contributed by atoms with Crippen molar-refractivity contribution >= 4 is 15.9 Å². The molecule has 0 aliphatic carbocycles. The van der Waals surface area contributed by atoms with Gasteiger partial charge in [-0.15, -0.1) is 0 Å². The number of para-hydroxylation sites is 1. The number of benzene rings is 1. The number of nitrogens with zero attached hydrogens (tertiary/aromatic N) is 2. The zero-order valence-electron chi connectivity index (χ0n) is 16.6. The van der Waals surface area contributed by atoms with Crippen LogP contribution in [0.25, 0.3) is 0 Å². The summed E-state index contributed by atoms with van der Waals surface area (Å²) in [5, 5.41) is 9.23. The number of amides is 1. The van der Waals surface area contributed by atoms with E-state index in [1.807, 2.05) is 6.92 Å². The molecule has 9 nitrogen and oxygen atoms in total. The minimum Gasteiger partial charge on any atom is -0.492 e. The molecule has 2 atom stereocenters. The summed E-state index contributed by atoms with van der Waals surface area (Å²) in [7, 11) is -3.95. The van der Waals surface area contributed by atoms with Gasteiger partial charge in [-0.2, -0.15) is 5.01 Å². The molecule has 1 amide bonds. The molecule has 1 aliphatic rings. The van der Waals surface area contributed by atoms with E-state index in [0.29, 0.717) is 12.4 Å². The van der Waals surface area contributed by atoms with Crippen LogP contribution in [0.3, 0.4) is 0 Å². The predicted molar refractivity (Wildman–Crippen MR) is 109 cm³/mol. The molecule has 1 aromatic carbocycles. The first-order chi connectivity index (χ1) is 14.4. The first kappa shape index (κ1) is 21.8. The van der Waals surface area contributed by atoms with Crippen LogP contribution in [0.1, 0.15) is 26.2 Å². The third-order valence-corrected chi connectivity index (χ3v) is 6.77. The van der Waals surface area contributed by atoms with Gasteiger partial charge < -0.3 is 14.6 Å². The number of carboxylic acid groups (broad SMARTS) is 1. The molecule has 162 valence electrons. The number of aromatic nitrogens is 1. The fourth-order valence-electron chi connectivity index (χ4n) is 3.27. The molecule has 1 fully saturated rings. The molecular weight excluding hydrogens is 410 g/mol. The summed E-state index contributed by atoms with van der Waals surface area (Å²) in [6.45, 7) is 2.49. The lowest BCUT2D eigenvalue weighted by Gasteiger charge is -2.23. The SMILES string of the molecule is CCCCOc1ccccc1S(=O)(=O)[C@@H]1C[C@H](Oc2cccnc2)CN1NC(=O)O. The van der Waals surface area contributed by atoms with Crippen LogP contribution in [0, 0.1) is 0 Å². The van der Waals surface area contributed by atoms with Gasteiger partial charge in [0, 0.05) is 12.6 Å². The van der Waals surface area contributed by atoms with Gasteiger partial charge in [0.1, 0.15) is 27.9 Å². The van der Waals surface area contributed by atoms with Crippen LogP contribution in [0.15, 0.2) is 53.7 Å². The van der Waals surface area contributed by atoms with Crippen LogP contribution in [0.5, 0.6) is 11.5 Å². The van der Waals surface area contributed by atoms with Crippen molar-refractivity contribution in [2.24, 2.45) is 0 Å². The number of unbranched alkanes of at least 4 members (excludes halogenated alkanes) is 1. The first-order valence-electron chi connectivity index (χ1n) is 9.70. The fraction of sp³-hybridized carbons (Fsp3) is 0.400. The van der Waals surface area contributed by atoms with Gasteiger partial charge in [-0.25, -0.2) is 13.2 Å². The Kier molecular flexibility index (Phi) is 7.11. The number of carbonyl (C=O) groups is 1. The van der Waals surface area contributed by atoms with Gasteiger partial charge in [-0.1, -0.05) is 25.5 Å². The number of nitrogens with one attached hydrogen (secondary N) is 1. The molecule has 1 aromatic heterocycles. The minimum atomic E-state index is -3.95. The van der Waals surface area contributed by atoms with Gasteiger partial charge in [-0.3, -0.25) is 10.4 Å². The van der Waals surface area contributed by atoms with E-state index in [4.69, 9.17) is 9.47 Å². The molecule has 0 bridgehead atoms. The van der Waals surface area contributed by atoms with Crippen molar-refractivity contribution in [3.63, 3.8) is 0 Å².